The average Bonchev–Trinajstić information content (AvgIpc) is 3.08. The maximum Gasteiger partial charge on any atom is 0.214 e. The first-order valence-electron chi connectivity index (χ1n) is 7.27. The van der Waals surface area contributed by atoms with Crippen molar-refractivity contribution < 1.29 is 14.3 Å². The van der Waals surface area contributed by atoms with Gasteiger partial charge in [-0.2, -0.15) is 4.68 Å². The van der Waals surface area contributed by atoms with E-state index < -0.39 is 5.97 Å². The molecule has 0 bridgehead atoms. The van der Waals surface area contributed by atoms with Crippen LogP contribution in [0, 0.1) is 5.82 Å². The van der Waals surface area contributed by atoms with Gasteiger partial charge in [-0.05, 0) is 45.8 Å². The van der Waals surface area contributed by atoms with Crippen LogP contribution in [-0.4, -0.2) is 26.2 Å². The highest BCUT2D eigenvalue weighted by Crippen LogP contribution is 2.24. The van der Waals surface area contributed by atoms with Crippen molar-refractivity contribution in [3.8, 4) is 5.69 Å². The van der Waals surface area contributed by atoms with Crippen LogP contribution in [0.25, 0.3) is 11.8 Å². The van der Waals surface area contributed by atoms with Gasteiger partial charge in [0, 0.05) is 5.75 Å². The van der Waals surface area contributed by atoms with Gasteiger partial charge >= 0.3 is 0 Å². The summed E-state index contributed by atoms with van der Waals surface area (Å²) in [5.41, 5.74) is 1.90. The number of aromatic nitrogens is 4. The molecule has 25 heavy (non-hydrogen) atoms. The lowest BCUT2D eigenvalue weighted by Crippen LogP contribution is -2.18. The van der Waals surface area contributed by atoms with Crippen LogP contribution >= 0.6 is 11.8 Å². The fraction of sp³-hybridized carbons (Fsp3) is 0.0588. The highest BCUT2D eigenvalue weighted by molar-refractivity contribution is 7.98. The highest BCUT2D eigenvalue weighted by atomic mass is 32.2. The van der Waals surface area contributed by atoms with E-state index in [0.717, 1.165) is 6.08 Å². The van der Waals surface area contributed by atoms with Crippen molar-refractivity contribution in [3.05, 3.63) is 71.6 Å². The molecular formula is C17H12FN4O2S-. The molecule has 3 rings (SSSR count). The molecule has 126 valence electrons. The monoisotopic (exact) mass is 355 g/mol. The minimum Gasteiger partial charge on any atom is -0.545 e. The molecule has 0 aliphatic heterocycles. The molecule has 0 fully saturated rings. The van der Waals surface area contributed by atoms with Gasteiger partial charge in [0.1, 0.15) is 5.82 Å². The number of halogens is 1. The van der Waals surface area contributed by atoms with Gasteiger partial charge in [0.25, 0.3) is 0 Å². The topological polar surface area (TPSA) is 83.7 Å². The lowest BCUT2D eigenvalue weighted by Gasteiger charge is -2.06. The summed E-state index contributed by atoms with van der Waals surface area (Å²) in [6, 6.07) is 13.6. The van der Waals surface area contributed by atoms with Crippen LogP contribution in [0.15, 0.2) is 59.8 Å². The number of thioether (sulfide) groups is 1. The zero-order valence-corrected chi connectivity index (χ0v) is 13.7. The summed E-state index contributed by atoms with van der Waals surface area (Å²) >= 11 is 1.30. The summed E-state index contributed by atoms with van der Waals surface area (Å²) in [6.45, 7) is 0. The standard InChI is InChI=1S/C17H13FN4O2S/c18-15-7-2-1-5-13(15)11-25-17-19-20-21-22(17)14-6-3-4-12(10-14)8-9-16(23)24/h1-10H,11H2,(H,23,24)/p-1/b9-8+. The Morgan fingerprint density at radius 3 is 2.88 bits per heavy atom. The van der Waals surface area contributed by atoms with E-state index >= 15 is 0 Å². The van der Waals surface area contributed by atoms with Crippen LogP contribution in [0.4, 0.5) is 4.39 Å². The van der Waals surface area contributed by atoms with Gasteiger partial charge < -0.3 is 9.90 Å². The molecule has 0 aliphatic carbocycles. The van der Waals surface area contributed by atoms with Gasteiger partial charge in [-0.3, -0.25) is 0 Å². The maximum atomic E-state index is 13.7. The number of carboxylic acid groups (broad SMARTS) is 1. The number of hydrogen-bond donors (Lipinski definition) is 0. The second kappa shape index (κ2) is 7.71. The Bertz CT molecular complexity index is 926. The van der Waals surface area contributed by atoms with Crippen LogP contribution in [0.3, 0.4) is 0 Å². The molecule has 3 aromatic rings. The Morgan fingerprint density at radius 1 is 1.24 bits per heavy atom. The Kier molecular flexibility index (Phi) is 5.20. The first kappa shape index (κ1) is 16.8. The van der Waals surface area contributed by atoms with Crippen LogP contribution in [0.5, 0.6) is 0 Å². The number of carbonyl (C=O) groups excluding carboxylic acids is 1. The molecule has 0 saturated heterocycles. The number of carboxylic acids is 1. The molecule has 8 heteroatoms. The molecule has 6 nitrogen and oxygen atoms in total. The third kappa shape index (κ3) is 4.30. The first-order chi connectivity index (χ1) is 12.1. The van der Waals surface area contributed by atoms with Gasteiger partial charge in [-0.1, -0.05) is 48.2 Å². The lowest BCUT2D eigenvalue weighted by molar-refractivity contribution is -0.297. The molecule has 0 atom stereocenters. The molecule has 1 aromatic heterocycles. The van der Waals surface area contributed by atoms with E-state index in [-0.39, 0.29) is 5.82 Å². The van der Waals surface area contributed by atoms with Gasteiger partial charge in [-0.25, -0.2) is 4.39 Å². The fourth-order valence-corrected chi connectivity index (χ4v) is 2.99. The zero-order chi connectivity index (χ0) is 17.6. The zero-order valence-electron chi connectivity index (χ0n) is 12.9. The second-order valence-electron chi connectivity index (χ2n) is 5.00. The fourth-order valence-electron chi connectivity index (χ4n) is 2.11. The van der Waals surface area contributed by atoms with Crippen LogP contribution in [-0.2, 0) is 10.5 Å². The number of nitrogens with zero attached hydrogens (tertiary/aromatic N) is 4. The summed E-state index contributed by atoms with van der Waals surface area (Å²) in [6.07, 6.45) is 2.38. The third-order valence-corrected chi connectivity index (χ3v) is 4.25. The maximum absolute atomic E-state index is 13.7. The minimum atomic E-state index is -1.27. The van der Waals surface area contributed by atoms with E-state index in [1.807, 2.05) is 0 Å². The second-order valence-corrected chi connectivity index (χ2v) is 5.94. The van der Waals surface area contributed by atoms with Crippen molar-refractivity contribution in [2.45, 2.75) is 10.9 Å². The SMILES string of the molecule is O=C([O-])/C=C/c1cccc(-n2nnnc2SCc2ccccc2F)c1. The molecular weight excluding hydrogens is 343 g/mol. The summed E-state index contributed by atoms with van der Waals surface area (Å²) in [7, 11) is 0. The molecule has 0 N–H and O–H groups in total. The largest absolute Gasteiger partial charge is 0.545 e. The van der Waals surface area contributed by atoms with Gasteiger partial charge in [0.05, 0.1) is 11.7 Å². The van der Waals surface area contributed by atoms with Crippen LogP contribution < -0.4 is 5.11 Å². The number of aliphatic carboxylic acids is 1. The summed E-state index contributed by atoms with van der Waals surface area (Å²) in [5.74, 6) is -1.16. The minimum absolute atomic E-state index is 0.275. The molecule has 1 heterocycles. The van der Waals surface area contributed by atoms with Crippen molar-refractivity contribution in [2.24, 2.45) is 0 Å². The number of hydrogen-bond acceptors (Lipinski definition) is 6. The lowest BCUT2D eigenvalue weighted by atomic mass is 10.2. The predicted molar refractivity (Wildman–Crippen MR) is 89.2 cm³/mol. The number of tetrazole rings is 1. The van der Waals surface area contributed by atoms with Crippen molar-refractivity contribution in [2.75, 3.05) is 0 Å². The van der Waals surface area contributed by atoms with Gasteiger partial charge in [-0.15, -0.1) is 5.10 Å². The Morgan fingerprint density at radius 2 is 2.08 bits per heavy atom. The number of rotatable bonds is 6. The van der Waals surface area contributed by atoms with E-state index in [1.54, 1.807) is 42.5 Å². The van der Waals surface area contributed by atoms with Crippen LogP contribution in [0.1, 0.15) is 11.1 Å². The highest BCUT2D eigenvalue weighted by Gasteiger charge is 2.11. The average molecular weight is 355 g/mol. The predicted octanol–water partition coefficient (Wildman–Crippen LogP) is 1.86. The number of benzene rings is 2. The normalized spacial score (nSPS) is 11.1. The molecule has 0 unspecified atom stereocenters. The quantitative estimate of drug-likeness (QED) is 0.496. The van der Waals surface area contributed by atoms with Crippen molar-refractivity contribution in [1.82, 2.24) is 20.2 Å². The molecule has 0 spiro atoms. The third-order valence-electron chi connectivity index (χ3n) is 3.28. The Labute approximate surface area is 147 Å². The number of carbonyl (C=O) groups is 1. The van der Waals surface area contributed by atoms with E-state index in [9.17, 15) is 14.3 Å². The Balaban J connectivity index is 1.81. The summed E-state index contributed by atoms with van der Waals surface area (Å²) < 4.78 is 15.2. The molecule has 0 aliphatic rings. The molecule has 2 aromatic carbocycles. The Hall–Kier alpha value is -3.00. The first-order valence-corrected chi connectivity index (χ1v) is 8.26. The van der Waals surface area contributed by atoms with Crippen LogP contribution in [0.2, 0.25) is 0 Å². The molecule has 0 radical (unpaired) electrons. The van der Waals surface area contributed by atoms with E-state index in [4.69, 9.17) is 0 Å². The summed E-state index contributed by atoms with van der Waals surface area (Å²) in [4.78, 5) is 10.5. The van der Waals surface area contributed by atoms with E-state index in [1.165, 1.54) is 28.6 Å². The van der Waals surface area contributed by atoms with Gasteiger partial charge in [0.2, 0.25) is 5.16 Å². The van der Waals surface area contributed by atoms with Crippen molar-refractivity contribution in [1.29, 1.82) is 0 Å². The van der Waals surface area contributed by atoms with Crippen molar-refractivity contribution >= 4 is 23.8 Å². The van der Waals surface area contributed by atoms with E-state index in [0.29, 0.717) is 27.7 Å². The molecule has 0 amide bonds. The van der Waals surface area contributed by atoms with E-state index in [2.05, 4.69) is 15.5 Å². The summed E-state index contributed by atoms with van der Waals surface area (Å²) in [5, 5.41) is 22.6. The smallest absolute Gasteiger partial charge is 0.214 e. The molecule has 0 saturated carbocycles. The van der Waals surface area contributed by atoms with Gasteiger partial charge in [0.15, 0.2) is 0 Å². The van der Waals surface area contributed by atoms with Crippen molar-refractivity contribution in [3.63, 3.8) is 0 Å².